The Morgan fingerprint density at radius 3 is 2.93 bits per heavy atom. The Bertz CT molecular complexity index is 516. The molecule has 0 saturated carbocycles. The first-order valence-corrected chi connectivity index (χ1v) is 4.01. The van der Waals surface area contributed by atoms with Gasteiger partial charge < -0.3 is 10.2 Å². The number of aryl methyl sites for hydroxylation is 1. The Morgan fingerprint density at radius 1 is 1.57 bits per heavy atom. The lowest BCUT2D eigenvalue weighted by Gasteiger charge is -1.97. The molecule has 0 fully saturated rings. The predicted octanol–water partition coefficient (Wildman–Crippen LogP) is 1.05. The van der Waals surface area contributed by atoms with Gasteiger partial charge in [-0.05, 0) is 19.1 Å². The fourth-order valence-corrected chi connectivity index (χ4v) is 1.42. The van der Waals surface area contributed by atoms with Crippen molar-refractivity contribution < 1.29 is 15.0 Å². The SMILES string of the molecule is Cc1nc(C(=O)O)c2c(O)cccn12. The fraction of sp³-hybridized carbons (Fsp3) is 0.111. The number of aromatic carboxylic acids is 1. The summed E-state index contributed by atoms with van der Waals surface area (Å²) in [6.45, 7) is 1.68. The van der Waals surface area contributed by atoms with Crippen LogP contribution < -0.4 is 0 Å². The van der Waals surface area contributed by atoms with Crippen molar-refractivity contribution in [2.45, 2.75) is 6.92 Å². The van der Waals surface area contributed by atoms with Crippen LogP contribution in [-0.4, -0.2) is 25.6 Å². The van der Waals surface area contributed by atoms with Crippen LogP contribution >= 0.6 is 0 Å². The fourth-order valence-electron chi connectivity index (χ4n) is 1.42. The summed E-state index contributed by atoms with van der Waals surface area (Å²) in [5, 5.41) is 18.3. The molecule has 72 valence electrons. The molecule has 0 atom stereocenters. The molecule has 0 aromatic carbocycles. The molecule has 14 heavy (non-hydrogen) atoms. The molecule has 5 nitrogen and oxygen atoms in total. The second kappa shape index (κ2) is 2.73. The molecule has 0 radical (unpaired) electrons. The molecule has 0 spiro atoms. The molecule has 0 aliphatic carbocycles. The Balaban J connectivity index is 2.93. The topological polar surface area (TPSA) is 74.8 Å². The maximum atomic E-state index is 10.8. The molecule has 0 bridgehead atoms. The van der Waals surface area contributed by atoms with Crippen molar-refractivity contribution in [2.75, 3.05) is 0 Å². The lowest BCUT2D eigenvalue weighted by atomic mass is 10.3. The zero-order valence-corrected chi connectivity index (χ0v) is 7.43. The summed E-state index contributed by atoms with van der Waals surface area (Å²) in [7, 11) is 0. The molecule has 0 amide bonds. The van der Waals surface area contributed by atoms with E-state index in [-0.39, 0.29) is 17.0 Å². The van der Waals surface area contributed by atoms with Gasteiger partial charge in [0.2, 0.25) is 0 Å². The molecular weight excluding hydrogens is 184 g/mol. The standard InChI is InChI=1S/C9H8N2O3/c1-5-10-7(9(13)14)8-6(12)3-2-4-11(5)8/h2-4,12H,1H3,(H,13,14). The van der Waals surface area contributed by atoms with E-state index in [4.69, 9.17) is 5.11 Å². The molecule has 0 saturated heterocycles. The van der Waals surface area contributed by atoms with Gasteiger partial charge in [-0.15, -0.1) is 0 Å². The highest BCUT2D eigenvalue weighted by Crippen LogP contribution is 2.22. The molecule has 2 rings (SSSR count). The van der Waals surface area contributed by atoms with Crippen molar-refractivity contribution in [1.82, 2.24) is 9.38 Å². The van der Waals surface area contributed by atoms with Crippen LogP contribution in [0.4, 0.5) is 0 Å². The number of imidazole rings is 1. The average molecular weight is 192 g/mol. The number of fused-ring (bicyclic) bond motifs is 1. The van der Waals surface area contributed by atoms with E-state index in [9.17, 15) is 9.90 Å². The number of carbonyl (C=O) groups is 1. The molecule has 0 aliphatic heterocycles. The van der Waals surface area contributed by atoms with Crippen molar-refractivity contribution in [3.63, 3.8) is 0 Å². The molecule has 5 heteroatoms. The minimum absolute atomic E-state index is 0.0782. The number of aromatic hydroxyl groups is 1. The van der Waals surface area contributed by atoms with Gasteiger partial charge >= 0.3 is 5.97 Å². The van der Waals surface area contributed by atoms with Crippen LogP contribution in [0, 0.1) is 6.92 Å². The summed E-state index contributed by atoms with van der Waals surface area (Å²) in [6.07, 6.45) is 1.66. The molecule has 2 N–H and O–H groups in total. The lowest BCUT2D eigenvalue weighted by molar-refractivity contribution is 0.0693. The normalized spacial score (nSPS) is 10.6. The molecule has 0 aliphatic rings. The van der Waals surface area contributed by atoms with Crippen molar-refractivity contribution in [3.8, 4) is 5.75 Å². The van der Waals surface area contributed by atoms with Crippen LogP contribution in [0.2, 0.25) is 0 Å². The molecule has 0 unspecified atom stereocenters. The van der Waals surface area contributed by atoms with Gasteiger partial charge in [0, 0.05) is 6.20 Å². The van der Waals surface area contributed by atoms with E-state index in [1.165, 1.54) is 6.07 Å². The zero-order chi connectivity index (χ0) is 10.3. The van der Waals surface area contributed by atoms with E-state index in [2.05, 4.69) is 4.98 Å². The summed E-state index contributed by atoms with van der Waals surface area (Å²) < 4.78 is 1.54. The summed E-state index contributed by atoms with van der Waals surface area (Å²) in [4.78, 5) is 14.6. The smallest absolute Gasteiger partial charge is 0.356 e. The van der Waals surface area contributed by atoms with Crippen LogP contribution in [0.5, 0.6) is 5.75 Å². The minimum atomic E-state index is -1.14. The molecule has 2 aromatic rings. The third-order valence-corrected chi connectivity index (χ3v) is 2.02. The highest BCUT2D eigenvalue weighted by Gasteiger charge is 2.16. The number of hydrogen-bond acceptors (Lipinski definition) is 3. The molecular formula is C9H8N2O3. The van der Waals surface area contributed by atoms with Gasteiger partial charge in [-0.3, -0.25) is 4.40 Å². The Morgan fingerprint density at radius 2 is 2.29 bits per heavy atom. The van der Waals surface area contributed by atoms with Gasteiger partial charge in [0.15, 0.2) is 5.69 Å². The number of carboxylic acids is 1. The third kappa shape index (κ3) is 1.02. The summed E-state index contributed by atoms with van der Waals surface area (Å²) in [5.74, 6) is -0.684. The molecule has 2 aromatic heterocycles. The zero-order valence-electron chi connectivity index (χ0n) is 7.43. The van der Waals surface area contributed by atoms with Crippen molar-refractivity contribution in [1.29, 1.82) is 0 Å². The monoisotopic (exact) mass is 192 g/mol. The summed E-state index contributed by atoms with van der Waals surface area (Å²) in [5.41, 5.74) is 0.109. The van der Waals surface area contributed by atoms with E-state index in [0.29, 0.717) is 5.82 Å². The van der Waals surface area contributed by atoms with Crippen LogP contribution in [0.25, 0.3) is 5.52 Å². The number of nitrogens with zero attached hydrogens (tertiary/aromatic N) is 2. The number of carboxylic acid groups (broad SMARTS) is 1. The van der Waals surface area contributed by atoms with E-state index in [1.807, 2.05) is 0 Å². The number of rotatable bonds is 1. The van der Waals surface area contributed by atoms with Gasteiger partial charge in [-0.2, -0.15) is 0 Å². The Labute approximate surface area is 79.2 Å². The van der Waals surface area contributed by atoms with Gasteiger partial charge in [0.05, 0.1) is 0 Å². The van der Waals surface area contributed by atoms with Gasteiger partial charge in [-0.1, -0.05) is 0 Å². The highest BCUT2D eigenvalue weighted by atomic mass is 16.4. The summed E-state index contributed by atoms with van der Waals surface area (Å²) in [6, 6.07) is 3.06. The van der Waals surface area contributed by atoms with E-state index in [1.54, 1.807) is 23.6 Å². The average Bonchev–Trinajstić information content (AvgIpc) is 2.46. The number of aromatic nitrogens is 2. The van der Waals surface area contributed by atoms with Gasteiger partial charge in [-0.25, -0.2) is 9.78 Å². The second-order valence-corrected chi connectivity index (χ2v) is 2.92. The molecule has 2 heterocycles. The third-order valence-electron chi connectivity index (χ3n) is 2.02. The van der Waals surface area contributed by atoms with E-state index >= 15 is 0 Å². The van der Waals surface area contributed by atoms with Gasteiger partial charge in [0.25, 0.3) is 0 Å². The van der Waals surface area contributed by atoms with Crippen molar-refractivity contribution >= 4 is 11.5 Å². The predicted molar refractivity (Wildman–Crippen MR) is 48.6 cm³/mol. The van der Waals surface area contributed by atoms with Crippen LogP contribution in [0.3, 0.4) is 0 Å². The Hall–Kier alpha value is -2.04. The number of hydrogen-bond donors (Lipinski definition) is 2. The first kappa shape index (κ1) is 8.55. The van der Waals surface area contributed by atoms with Gasteiger partial charge in [0.1, 0.15) is 17.1 Å². The summed E-state index contributed by atoms with van der Waals surface area (Å²) >= 11 is 0. The quantitative estimate of drug-likeness (QED) is 0.708. The maximum Gasteiger partial charge on any atom is 0.356 e. The second-order valence-electron chi connectivity index (χ2n) is 2.92. The van der Waals surface area contributed by atoms with E-state index < -0.39 is 5.97 Å². The van der Waals surface area contributed by atoms with E-state index in [0.717, 1.165) is 0 Å². The lowest BCUT2D eigenvalue weighted by Crippen LogP contribution is -1.97. The van der Waals surface area contributed by atoms with Crippen LogP contribution in [0.15, 0.2) is 18.3 Å². The largest absolute Gasteiger partial charge is 0.506 e. The van der Waals surface area contributed by atoms with Crippen LogP contribution in [0.1, 0.15) is 16.3 Å². The minimum Gasteiger partial charge on any atom is -0.506 e. The van der Waals surface area contributed by atoms with Crippen molar-refractivity contribution in [2.24, 2.45) is 0 Å². The maximum absolute atomic E-state index is 10.8. The first-order chi connectivity index (χ1) is 6.61. The first-order valence-electron chi connectivity index (χ1n) is 4.01. The van der Waals surface area contributed by atoms with Crippen LogP contribution in [-0.2, 0) is 0 Å². The Kier molecular flexibility index (Phi) is 1.67. The highest BCUT2D eigenvalue weighted by molar-refractivity contribution is 5.95. The van der Waals surface area contributed by atoms with Crippen molar-refractivity contribution in [3.05, 3.63) is 29.8 Å². The number of pyridine rings is 1.